The number of hydrogen-bond donors (Lipinski definition) is 2. The normalized spacial score (nSPS) is 11.2. The van der Waals surface area contributed by atoms with Gasteiger partial charge in [-0.3, -0.25) is 0 Å². The van der Waals surface area contributed by atoms with Gasteiger partial charge in [-0.15, -0.1) is 0 Å². The van der Waals surface area contributed by atoms with E-state index in [1.165, 1.54) is 13.2 Å². The van der Waals surface area contributed by atoms with E-state index in [0.29, 0.717) is 11.3 Å². The molecule has 0 atom stereocenters. The molecule has 1 aromatic rings. The minimum atomic E-state index is -3.58. The van der Waals surface area contributed by atoms with Crippen molar-refractivity contribution in [3.63, 3.8) is 0 Å². The number of nitrogens with one attached hydrogen (secondary N) is 1. The van der Waals surface area contributed by atoms with Crippen molar-refractivity contribution in [1.29, 1.82) is 0 Å². The number of ether oxygens (including phenoxy) is 1. The predicted molar refractivity (Wildman–Crippen MR) is 69.7 cm³/mol. The number of hydrogen-bond acceptors (Lipinski definition) is 4. The number of sulfonamides is 1. The maximum Gasteiger partial charge on any atom is 0.241 e. The first kappa shape index (κ1) is 13.9. The molecule has 17 heavy (non-hydrogen) atoms. The Morgan fingerprint density at radius 2 is 2.18 bits per heavy atom. The third-order valence-corrected chi connectivity index (χ3v) is 3.81. The molecule has 0 bridgehead atoms. The van der Waals surface area contributed by atoms with Gasteiger partial charge in [0.2, 0.25) is 10.0 Å². The Kier molecular flexibility index (Phi) is 4.44. The summed E-state index contributed by atoms with van der Waals surface area (Å²) in [5, 5.41) is 0. The van der Waals surface area contributed by atoms with E-state index in [1.54, 1.807) is 19.1 Å². The third-order valence-electron chi connectivity index (χ3n) is 2.11. The summed E-state index contributed by atoms with van der Waals surface area (Å²) in [5.74, 6) is 0.607. The van der Waals surface area contributed by atoms with E-state index in [2.05, 4.69) is 16.9 Å². The number of nitrogens with two attached hydrogens (primary N) is 1. The fraction of sp³-hybridized carbons (Fsp3) is 0.300. The molecule has 3 N–H and O–H groups in total. The monoisotopic (exact) mass is 274 g/mol. The zero-order valence-electron chi connectivity index (χ0n) is 9.56. The third kappa shape index (κ3) is 3.65. The molecule has 0 aliphatic rings. The lowest BCUT2D eigenvalue weighted by atomic mass is 10.2. The molecular formula is C10H14N2O3S2. The predicted octanol–water partition coefficient (Wildman–Crippen LogP) is 0.568. The Bertz CT molecular complexity index is 526. The largest absolute Gasteiger partial charge is 0.497 e. The highest BCUT2D eigenvalue weighted by atomic mass is 32.2. The summed E-state index contributed by atoms with van der Waals surface area (Å²) >= 11 is 4.62. The van der Waals surface area contributed by atoms with Gasteiger partial charge in [0.15, 0.2) is 0 Å². The molecule has 0 saturated carbocycles. The smallest absolute Gasteiger partial charge is 0.241 e. The molecule has 0 amide bonds. The minimum Gasteiger partial charge on any atom is -0.497 e. The fourth-order valence-electron chi connectivity index (χ4n) is 1.29. The van der Waals surface area contributed by atoms with Crippen molar-refractivity contribution >= 4 is 27.2 Å². The molecule has 1 aromatic carbocycles. The maximum atomic E-state index is 11.9. The van der Waals surface area contributed by atoms with Crippen LogP contribution < -0.4 is 15.2 Å². The van der Waals surface area contributed by atoms with E-state index < -0.39 is 10.0 Å². The lowest BCUT2D eigenvalue weighted by Crippen LogP contribution is -2.32. The van der Waals surface area contributed by atoms with Gasteiger partial charge in [-0.1, -0.05) is 12.2 Å². The molecule has 0 radical (unpaired) electrons. The second-order valence-corrected chi connectivity index (χ2v) is 5.68. The van der Waals surface area contributed by atoms with Crippen LogP contribution in [0.1, 0.15) is 5.56 Å². The molecule has 94 valence electrons. The van der Waals surface area contributed by atoms with Gasteiger partial charge >= 0.3 is 0 Å². The molecule has 0 saturated heterocycles. The van der Waals surface area contributed by atoms with Crippen LogP contribution in [0.3, 0.4) is 0 Å². The van der Waals surface area contributed by atoms with Crippen molar-refractivity contribution in [2.45, 2.75) is 11.8 Å². The van der Waals surface area contributed by atoms with E-state index in [0.717, 1.165) is 0 Å². The summed E-state index contributed by atoms with van der Waals surface area (Å²) in [6.45, 7) is 1.64. The highest BCUT2D eigenvalue weighted by molar-refractivity contribution is 7.89. The summed E-state index contributed by atoms with van der Waals surface area (Å²) in [6.07, 6.45) is 0. The van der Waals surface area contributed by atoms with Crippen molar-refractivity contribution in [3.05, 3.63) is 23.8 Å². The lowest BCUT2D eigenvalue weighted by Gasteiger charge is -2.09. The quantitative estimate of drug-likeness (QED) is 0.767. The molecule has 0 spiro atoms. The lowest BCUT2D eigenvalue weighted by molar-refractivity contribution is 0.414. The molecule has 0 fully saturated rings. The zero-order valence-corrected chi connectivity index (χ0v) is 11.2. The Morgan fingerprint density at radius 1 is 1.53 bits per heavy atom. The van der Waals surface area contributed by atoms with E-state index in [9.17, 15) is 8.42 Å². The van der Waals surface area contributed by atoms with Gasteiger partial charge in [-0.25, -0.2) is 13.1 Å². The van der Waals surface area contributed by atoms with Crippen LogP contribution in [0.15, 0.2) is 23.1 Å². The number of aryl methyl sites for hydroxylation is 1. The second kappa shape index (κ2) is 5.44. The van der Waals surface area contributed by atoms with Gasteiger partial charge in [0.1, 0.15) is 5.75 Å². The second-order valence-electron chi connectivity index (χ2n) is 3.42. The Hall–Kier alpha value is -1.18. The number of rotatable bonds is 5. The Labute approximate surface area is 106 Å². The van der Waals surface area contributed by atoms with Crippen molar-refractivity contribution < 1.29 is 13.2 Å². The number of benzene rings is 1. The first-order valence-electron chi connectivity index (χ1n) is 4.79. The average Bonchev–Trinajstić information content (AvgIpc) is 2.26. The molecule has 0 aliphatic heterocycles. The summed E-state index contributed by atoms with van der Waals surface area (Å²) < 4.78 is 31.1. The summed E-state index contributed by atoms with van der Waals surface area (Å²) in [6, 6.07) is 4.72. The zero-order chi connectivity index (χ0) is 13.1. The summed E-state index contributed by atoms with van der Waals surface area (Å²) in [7, 11) is -2.06. The van der Waals surface area contributed by atoms with Crippen molar-refractivity contribution in [1.82, 2.24) is 4.72 Å². The van der Waals surface area contributed by atoms with Crippen molar-refractivity contribution in [2.75, 3.05) is 13.7 Å². The molecule has 0 aliphatic carbocycles. The Morgan fingerprint density at radius 3 is 2.65 bits per heavy atom. The van der Waals surface area contributed by atoms with Crippen LogP contribution >= 0.6 is 12.2 Å². The maximum absolute atomic E-state index is 11.9. The highest BCUT2D eigenvalue weighted by Gasteiger charge is 2.16. The number of methoxy groups -OCH3 is 1. The first-order valence-corrected chi connectivity index (χ1v) is 6.68. The van der Waals surface area contributed by atoms with E-state index in [1.807, 2.05) is 0 Å². The summed E-state index contributed by atoms with van der Waals surface area (Å²) in [4.78, 5) is 0.286. The van der Waals surface area contributed by atoms with E-state index in [4.69, 9.17) is 10.5 Å². The highest BCUT2D eigenvalue weighted by Crippen LogP contribution is 2.20. The number of thiocarbonyl (C=S) groups is 1. The van der Waals surface area contributed by atoms with Crippen LogP contribution in [0, 0.1) is 6.92 Å². The average molecular weight is 274 g/mol. The van der Waals surface area contributed by atoms with Gasteiger partial charge in [0.05, 0.1) is 23.5 Å². The van der Waals surface area contributed by atoms with E-state index in [-0.39, 0.29) is 16.4 Å². The molecule has 0 unspecified atom stereocenters. The van der Waals surface area contributed by atoms with Crippen LogP contribution in [-0.4, -0.2) is 27.1 Å². The topological polar surface area (TPSA) is 81.4 Å². The van der Waals surface area contributed by atoms with Crippen LogP contribution in [-0.2, 0) is 10.0 Å². The van der Waals surface area contributed by atoms with Gasteiger partial charge in [0.25, 0.3) is 0 Å². The van der Waals surface area contributed by atoms with E-state index >= 15 is 0 Å². The van der Waals surface area contributed by atoms with Crippen molar-refractivity contribution in [3.8, 4) is 5.75 Å². The standard InChI is InChI=1S/C10H14N2O3S2/c1-7-5-8(15-2)3-4-9(7)17(13,14)12-6-10(11)16/h3-5,12H,6H2,1-2H3,(H2,11,16). The van der Waals surface area contributed by atoms with Crippen LogP contribution in [0.5, 0.6) is 5.75 Å². The van der Waals surface area contributed by atoms with Crippen LogP contribution in [0.2, 0.25) is 0 Å². The molecule has 0 heterocycles. The molecule has 5 nitrogen and oxygen atoms in total. The van der Waals surface area contributed by atoms with Gasteiger partial charge < -0.3 is 10.5 Å². The van der Waals surface area contributed by atoms with Crippen LogP contribution in [0.4, 0.5) is 0 Å². The van der Waals surface area contributed by atoms with Crippen LogP contribution in [0.25, 0.3) is 0 Å². The molecular weight excluding hydrogens is 260 g/mol. The Balaban J connectivity index is 3.03. The summed E-state index contributed by atoms with van der Waals surface area (Å²) in [5.41, 5.74) is 5.84. The molecule has 0 aromatic heterocycles. The van der Waals surface area contributed by atoms with Gasteiger partial charge in [0, 0.05) is 0 Å². The minimum absolute atomic E-state index is 0.0524. The molecule has 7 heteroatoms. The van der Waals surface area contributed by atoms with Gasteiger partial charge in [-0.05, 0) is 30.7 Å². The van der Waals surface area contributed by atoms with Crippen molar-refractivity contribution in [2.24, 2.45) is 5.73 Å². The SMILES string of the molecule is COc1ccc(S(=O)(=O)NCC(N)=S)c(C)c1. The molecule has 1 rings (SSSR count). The first-order chi connectivity index (χ1) is 7.86. The fourth-order valence-corrected chi connectivity index (χ4v) is 2.69. The van der Waals surface area contributed by atoms with Gasteiger partial charge in [-0.2, -0.15) is 0 Å².